The number of aliphatic carboxylic acids is 3. The minimum atomic E-state index is -1.11. The molecule has 4 unspecified atom stereocenters. The summed E-state index contributed by atoms with van der Waals surface area (Å²) < 4.78 is 47.9. The molecule has 4 aliphatic carbocycles. The van der Waals surface area contributed by atoms with Gasteiger partial charge in [-0.1, -0.05) is 70.2 Å². The molecule has 0 aromatic heterocycles. The van der Waals surface area contributed by atoms with E-state index in [1.54, 1.807) is 87.3 Å². The van der Waals surface area contributed by atoms with Crippen molar-refractivity contribution in [2.45, 2.75) is 160 Å². The summed E-state index contributed by atoms with van der Waals surface area (Å²) in [4.78, 5) is 68.3. The first-order valence-electron chi connectivity index (χ1n) is 35.9. The van der Waals surface area contributed by atoms with Gasteiger partial charge in [-0.05, 0) is 135 Å². The maximum atomic E-state index is 12.1. The third kappa shape index (κ3) is 32.1. The summed E-state index contributed by atoms with van der Waals surface area (Å²) in [6.07, 6.45) is 6.66. The van der Waals surface area contributed by atoms with E-state index in [1.165, 1.54) is 23.5 Å². The molecule has 118 heavy (non-hydrogen) atoms. The molecule has 4 aromatic carbocycles. The van der Waals surface area contributed by atoms with Crippen LogP contribution in [0, 0.1) is 21.7 Å². The van der Waals surface area contributed by atoms with E-state index in [2.05, 4.69) is 91.6 Å². The maximum Gasteiger partial charge on any atom is 1.00 e. The van der Waals surface area contributed by atoms with E-state index in [1.807, 2.05) is 79.7 Å². The van der Waals surface area contributed by atoms with Gasteiger partial charge in [0.05, 0.1) is 110 Å². The van der Waals surface area contributed by atoms with E-state index in [-0.39, 0.29) is 198 Å². The molecule has 26 nitrogen and oxygen atoms in total. The molecule has 0 saturated heterocycles. The number of carboxylic acids is 3. The molecule has 4 aromatic rings. The number of aliphatic hydroxyl groups excluding tert-OH is 1. The molecule has 4 heterocycles. The molecule has 7 N–H and O–H groups in total. The van der Waals surface area contributed by atoms with E-state index < -0.39 is 42.1 Å². The second-order valence-electron chi connectivity index (χ2n) is 29.7. The number of hydrogen-bond acceptors (Lipinski definition) is 29. The Balaban J connectivity index is 0. The summed E-state index contributed by atoms with van der Waals surface area (Å²) in [7, 11) is 12.9. The first kappa shape index (κ1) is 116. The van der Waals surface area contributed by atoms with Crippen molar-refractivity contribution >= 4 is 129 Å². The quantitative estimate of drug-likeness (QED) is 0.0452. The van der Waals surface area contributed by atoms with Crippen molar-refractivity contribution in [1.29, 1.82) is 0 Å². The number of halogens is 2. The minimum absolute atomic E-state index is 0. The molecule has 0 amide bonds. The Labute approximate surface area is 815 Å². The number of benzene rings is 4. The van der Waals surface area contributed by atoms with Gasteiger partial charge >= 0.3 is 130 Å². The fourth-order valence-corrected chi connectivity index (χ4v) is 18.0. The van der Waals surface area contributed by atoms with Gasteiger partial charge in [-0.25, -0.2) is 9.59 Å². The third-order valence-corrected chi connectivity index (χ3v) is 23.3. The average molecular weight is 1790 g/mol. The van der Waals surface area contributed by atoms with Gasteiger partial charge in [-0.15, -0.1) is 59.5 Å². The zero-order chi connectivity index (χ0) is 79.7. The van der Waals surface area contributed by atoms with Gasteiger partial charge in [0.25, 0.3) is 0 Å². The molecule has 0 saturated carbocycles. The second kappa shape index (κ2) is 53.3. The van der Waals surface area contributed by atoms with E-state index in [4.69, 9.17) is 52.7 Å². The normalized spacial score (nSPS) is 19.3. The van der Waals surface area contributed by atoms with Gasteiger partial charge in [-0.2, -0.15) is 0 Å². The summed E-state index contributed by atoms with van der Waals surface area (Å²) in [5, 5.41) is 53.3. The Morgan fingerprint density at radius 1 is 0.407 bits per heavy atom. The molecule has 0 fully saturated rings. The molecule has 8 aliphatic rings. The SMILES string of the molecule is C.C.CCO.CCOC(=O)C1CSC2=C(Nc3ccc(OC)c(OC)c3)CC(C)(C)CC2=N1.COc1ccc(NC2=C3SCC(C(=O)O)N=C3CC(C)(C)C2)cc1OC.COc1ccc(NC2=C3SCC(C(=O)[O-])N=C3CC(C)(C)C2)cc1OC.COc1ccc(NC2=C3SCC(C(=O)[O-])N=C3CC(C)(C)C2)cc1OC.Cl.[Cl-].[Na+].[Na+].[Na+].[Na+].[OH-]. The molecule has 0 spiro atoms. The number of nitrogens with one attached hydrogen (secondary N) is 4. The van der Waals surface area contributed by atoms with Crippen molar-refractivity contribution in [3.8, 4) is 46.0 Å². The van der Waals surface area contributed by atoms with Gasteiger partial charge in [0.1, 0.15) is 0 Å². The Morgan fingerprint density at radius 2 is 0.619 bits per heavy atom. The van der Waals surface area contributed by atoms with E-state index in [0.717, 1.165) is 139 Å². The molecular weight excluding hydrogens is 1680 g/mol. The van der Waals surface area contributed by atoms with Crippen molar-refractivity contribution in [2.75, 3.05) is 114 Å². The number of esters is 1. The van der Waals surface area contributed by atoms with Crippen LogP contribution in [0.5, 0.6) is 46.0 Å². The van der Waals surface area contributed by atoms with Gasteiger partial charge in [0, 0.05) is 119 Å². The molecule has 4 aliphatic heterocycles. The van der Waals surface area contributed by atoms with E-state index in [9.17, 15) is 34.5 Å². The number of ether oxygens (including phenoxy) is 9. The zero-order valence-electron chi connectivity index (χ0n) is 70.8. The molecular formula is C82H114Cl2N8Na4O18S4. The van der Waals surface area contributed by atoms with Crippen molar-refractivity contribution < 1.29 is 218 Å². The van der Waals surface area contributed by atoms with Crippen molar-refractivity contribution in [2.24, 2.45) is 41.6 Å². The van der Waals surface area contributed by atoms with Crippen molar-refractivity contribution in [1.82, 2.24) is 0 Å². The number of carbonyl (C=O) groups excluding carboxylic acids is 3. The van der Waals surface area contributed by atoms with Crippen molar-refractivity contribution in [3.63, 3.8) is 0 Å². The number of carbonyl (C=O) groups is 4. The number of nitrogens with zero attached hydrogens (tertiary/aromatic N) is 4. The number of hydrogen-bond donors (Lipinski definition) is 6. The molecule has 0 radical (unpaired) electrons. The van der Waals surface area contributed by atoms with Crippen LogP contribution >= 0.6 is 59.5 Å². The van der Waals surface area contributed by atoms with Crippen LogP contribution < -0.4 is 200 Å². The van der Waals surface area contributed by atoms with Crippen LogP contribution in [-0.4, -0.2) is 180 Å². The van der Waals surface area contributed by atoms with Gasteiger partial charge in [0.2, 0.25) is 0 Å². The fourth-order valence-electron chi connectivity index (χ4n) is 13.4. The molecule has 12 rings (SSSR count). The Hall–Kier alpha value is -4.10. The Bertz CT molecular complexity index is 3990. The molecule has 0 bridgehead atoms. The van der Waals surface area contributed by atoms with Gasteiger partial charge in [0.15, 0.2) is 58.1 Å². The molecule has 36 heteroatoms. The van der Waals surface area contributed by atoms with E-state index in [0.29, 0.717) is 75.6 Å². The van der Waals surface area contributed by atoms with Gasteiger partial charge < -0.3 is 112 Å². The number of allylic oxidation sites excluding steroid dienone is 8. The predicted octanol–water partition coefficient (Wildman–Crippen LogP) is -0.502. The molecule has 632 valence electrons. The fraction of sp³-hybridized carbons (Fsp3) is 0.512. The van der Waals surface area contributed by atoms with Crippen LogP contribution in [0.4, 0.5) is 22.7 Å². The van der Waals surface area contributed by atoms with Crippen LogP contribution in [0.3, 0.4) is 0 Å². The number of carboxylic acid groups (broad SMARTS) is 3. The standard InChI is InChI=1S/C21H28N2O4S.3C19H24N2O4S.C2H6O.2CH4.2ClH.4Na.H2O/c1-6-27-20(24)16-12-28-19-14(10-21(2,3)11-15(19)23-16)22-13-7-8-17(25-4)18(9-13)26-5;3*1-19(2)8-12(17-13(9-19)21-14(10-26-17)18(22)23)20-11-5-6-15(24-3)16(7-11)25-4;1-2-3;;;;;;;;;/h7-9,16,22H,6,10-12H2,1-5H3;3*5-7,14,20H,8-10H2,1-4H3,(H,22,23);3H,2H2,1H3;2*1H4;2*1H;;;;;1H2/q;;;;;;;;;4*+1;/p-4. The van der Waals surface area contributed by atoms with Crippen LogP contribution in [0.1, 0.15) is 135 Å². The maximum absolute atomic E-state index is 12.1. The number of aliphatic imine (C=N–C) groups is 4. The first-order valence-corrected chi connectivity index (χ1v) is 39.8. The Kier molecular flexibility index (Phi) is 52.3. The van der Waals surface area contributed by atoms with Crippen LogP contribution in [-0.2, 0) is 23.9 Å². The second-order valence-corrected chi connectivity index (χ2v) is 33.9. The summed E-state index contributed by atoms with van der Waals surface area (Å²) in [6, 6.07) is 20.3. The largest absolute Gasteiger partial charge is 1.00 e. The summed E-state index contributed by atoms with van der Waals surface area (Å²) in [5.41, 5.74) is 11.6. The summed E-state index contributed by atoms with van der Waals surface area (Å²) in [5.74, 6) is 3.93. The minimum Gasteiger partial charge on any atom is -1.00 e. The number of rotatable bonds is 21. The number of methoxy groups -OCH3 is 8. The first-order chi connectivity index (χ1) is 51.8. The summed E-state index contributed by atoms with van der Waals surface area (Å²) >= 11 is 6.34. The number of fused-ring (bicyclic) bond motifs is 4. The summed E-state index contributed by atoms with van der Waals surface area (Å²) in [6.45, 7) is 21.6. The predicted molar refractivity (Wildman–Crippen MR) is 457 cm³/mol. The Morgan fingerprint density at radius 3 is 0.831 bits per heavy atom. The van der Waals surface area contributed by atoms with Gasteiger partial charge in [-0.3, -0.25) is 20.0 Å². The van der Waals surface area contributed by atoms with Crippen LogP contribution in [0.25, 0.3) is 0 Å². The van der Waals surface area contributed by atoms with Crippen LogP contribution in [0.2, 0.25) is 0 Å². The third-order valence-electron chi connectivity index (χ3n) is 18.2. The van der Waals surface area contributed by atoms with Crippen LogP contribution in [0.15, 0.2) is 135 Å². The monoisotopic (exact) mass is 1790 g/mol. The average Bonchev–Trinajstić information content (AvgIpc) is 0.793. The zero-order valence-corrected chi connectivity index (χ0v) is 83.6. The number of aliphatic hydroxyl groups is 1. The number of thioether (sulfide) groups is 4. The smallest absolute Gasteiger partial charge is 1.00 e. The molecule has 4 atom stereocenters. The topological polar surface area (TPSA) is 365 Å². The van der Waals surface area contributed by atoms with E-state index >= 15 is 0 Å². The van der Waals surface area contributed by atoms with Crippen molar-refractivity contribution in [3.05, 3.63) is 115 Å². The number of anilines is 4.